The average molecular weight is 318 g/mol. The van der Waals surface area contributed by atoms with Crippen LogP contribution in [-0.2, 0) is 6.54 Å². The van der Waals surface area contributed by atoms with Gasteiger partial charge in [0.2, 0.25) is 0 Å². The minimum absolute atomic E-state index is 0.500. The van der Waals surface area contributed by atoms with Crippen molar-refractivity contribution in [2.75, 3.05) is 4.90 Å². The maximum absolute atomic E-state index is 6.09. The number of aromatic nitrogens is 2. The third-order valence-corrected chi connectivity index (χ3v) is 4.75. The van der Waals surface area contributed by atoms with Gasteiger partial charge in [0.05, 0.1) is 6.54 Å². The van der Waals surface area contributed by atoms with Gasteiger partial charge < -0.3 is 9.32 Å². The van der Waals surface area contributed by atoms with Crippen LogP contribution in [0.25, 0.3) is 0 Å². The molecular formula is C17H20ClN3O. The largest absolute Gasteiger partial charge is 0.464 e. The van der Waals surface area contributed by atoms with Crippen LogP contribution in [0.2, 0.25) is 5.15 Å². The summed E-state index contributed by atoms with van der Waals surface area (Å²) in [5.74, 6) is 5.14. The smallest absolute Gasteiger partial charge is 0.134 e. The van der Waals surface area contributed by atoms with E-state index in [1.165, 1.54) is 19.3 Å². The zero-order chi connectivity index (χ0) is 15.3. The summed E-state index contributed by atoms with van der Waals surface area (Å²) in [5, 5.41) is 0.500. The van der Waals surface area contributed by atoms with Gasteiger partial charge in [0.15, 0.2) is 0 Å². The molecule has 4 nitrogen and oxygen atoms in total. The molecule has 0 amide bonds. The summed E-state index contributed by atoms with van der Waals surface area (Å²) in [6, 6.07) is 6.62. The molecular weight excluding hydrogens is 298 g/mol. The molecule has 22 heavy (non-hydrogen) atoms. The highest BCUT2D eigenvalue weighted by molar-refractivity contribution is 6.29. The Balaban J connectivity index is 1.56. The molecule has 0 spiro atoms. The second kappa shape index (κ2) is 5.27. The lowest BCUT2D eigenvalue weighted by atomic mass is 10.3. The summed E-state index contributed by atoms with van der Waals surface area (Å²) in [6.45, 7) is 4.90. The van der Waals surface area contributed by atoms with Crippen LogP contribution in [0.15, 0.2) is 22.6 Å². The standard InChI is InChI=1S/C17H20ClN3O/c1-10-7-14(10)15-6-5-13(22-15)9-21(12-3-4-12)17-8-16(18)19-11(2)20-17/h5-6,8,10,12,14H,3-4,7,9H2,1-2H3/t10-,14-/m1/s1. The lowest BCUT2D eigenvalue weighted by molar-refractivity contribution is 0.456. The van der Waals surface area contributed by atoms with Gasteiger partial charge in [0.25, 0.3) is 0 Å². The number of hydrogen-bond donors (Lipinski definition) is 0. The summed E-state index contributed by atoms with van der Waals surface area (Å²) < 4.78 is 6.05. The molecule has 0 radical (unpaired) electrons. The van der Waals surface area contributed by atoms with Crippen molar-refractivity contribution < 1.29 is 4.42 Å². The molecule has 0 unspecified atom stereocenters. The average Bonchev–Trinajstić information content (AvgIpc) is 3.37. The third-order valence-electron chi connectivity index (χ3n) is 4.56. The van der Waals surface area contributed by atoms with Crippen LogP contribution in [0.1, 0.15) is 49.4 Å². The maximum atomic E-state index is 6.09. The van der Waals surface area contributed by atoms with E-state index in [9.17, 15) is 0 Å². The number of anilines is 1. The Bertz CT molecular complexity index is 675. The van der Waals surface area contributed by atoms with E-state index in [-0.39, 0.29) is 0 Å². The first-order chi connectivity index (χ1) is 10.6. The third kappa shape index (κ3) is 2.84. The molecule has 2 heterocycles. The topological polar surface area (TPSA) is 42.2 Å². The highest BCUT2D eigenvalue weighted by Crippen LogP contribution is 2.47. The molecule has 2 aliphatic rings. The summed E-state index contributed by atoms with van der Waals surface area (Å²) in [7, 11) is 0. The second-order valence-corrected chi connectivity index (χ2v) is 6.97. The van der Waals surface area contributed by atoms with Crippen LogP contribution in [0, 0.1) is 12.8 Å². The van der Waals surface area contributed by atoms with Crippen LogP contribution >= 0.6 is 11.6 Å². The van der Waals surface area contributed by atoms with Gasteiger partial charge >= 0.3 is 0 Å². The first kappa shape index (κ1) is 14.1. The van der Waals surface area contributed by atoms with Gasteiger partial charge in [0, 0.05) is 18.0 Å². The summed E-state index contributed by atoms with van der Waals surface area (Å²) in [5.41, 5.74) is 0. The molecule has 0 bridgehead atoms. The molecule has 2 atom stereocenters. The second-order valence-electron chi connectivity index (χ2n) is 6.58. The van der Waals surface area contributed by atoms with Crippen LogP contribution in [0.4, 0.5) is 5.82 Å². The van der Waals surface area contributed by atoms with Crippen LogP contribution in [0.3, 0.4) is 0 Å². The SMILES string of the molecule is Cc1nc(Cl)cc(N(Cc2ccc([C@@H]3C[C@H]3C)o2)C2CC2)n1. The Labute approximate surface area is 135 Å². The number of halogens is 1. The quantitative estimate of drug-likeness (QED) is 0.770. The van der Waals surface area contributed by atoms with E-state index >= 15 is 0 Å². The van der Waals surface area contributed by atoms with Crippen molar-refractivity contribution in [3.05, 3.63) is 40.7 Å². The van der Waals surface area contributed by atoms with Crippen LogP contribution in [-0.4, -0.2) is 16.0 Å². The fourth-order valence-corrected chi connectivity index (χ4v) is 3.23. The van der Waals surface area contributed by atoms with Crippen molar-refractivity contribution in [1.29, 1.82) is 0 Å². The van der Waals surface area contributed by atoms with E-state index in [1.807, 2.05) is 13.0 Å². The monoisotopic (exact) mass is 317 g/mol. The normalized spacial score (nSPS) is 23.6. The van der Waals surface area contributed by atoms with Crippen molar-refractivity contribution in [3.63, 3.8) is 0 Å². The number of aryl methyl sites for hydroxylation is 1. The minimum Gasteiger partial charge on any atom is -0.464 e. The first-order valence-corrected chi connectivity index (χ1v) is 8.34. The first-order valence-electron chi connectivity index (χ1n) is 7.96. The number of nitrogens with zero attached hydrogens (tertiary/aromatic N) is 3. The number of furan rings is 1. The minimum atomic E-state index is 0.500. The molecule has 2 saturated carbocycles. The predicted octanol–water partition coefficient (Wildman–Crippen LogP) is 4.32. The molecule has 0 aromatic carbocycles. The molecule has 0 saturated heterocycles. The Kier molecular flexibility index (Phi) is 3.37. The van der Waals surface area contributed by atoms with E-state index in [0.29, 0.717) is 22.9 Å². The van der Waals surface area contributed by atoms with E-state index < -0.39 is 0 Å². The molecule has 5 heteroatoms. The summed E-state index contributed by atoms with van der Waals surface area (Å²) in [4.78, 5) is 11.0. The lowest BCUT2D eigenvalue weighted by Crippen LogP contribution is -2.26. The molecule has 0 aliphatic heterocycles. The van der Waals surface area contributed by atoms with E-state index in [2.05, 4.69) is 33.9 Å². The van der Waals surface area contributed by atoms with E-state index in [1.54, 1.807) is 0 Å². The summed E-state index contributed by atoms with van der Waals surface area (Å²) in [6.07, 6.45) is 3.65. The predicted molar refractivity (Wildman–Crippen MR) is 86.2 cm³/mol. The van der Waals surface area contributed by atoms with Crippen molar-refractivity contribution >= 4 is 17.4 Å². The maximum Gasteiger partial charge on any atom is 0.134 e. The fraction of sp³-hybridized carbons (Fsp3) is 0.529. The molecule has 2 fully saturated rings. The number of rotatable bonds is 5. The zero-order valence-corrected chi connectivity index (χ0v) is 13.7. The van der Waals surface area contributed by atoms with Crippen LogP contribution in [0.5, 0.6) is 0 Å². The van der Waals surface area contributed by atoms with Crippen molar-refractivity contribution in [1.82, 2.24) is 9.97 Å². The lowest BCUT2D eigenvalue weighted by Gasteiger charge is -2.22. The highest BCUT2D eigenvalue weighted by Gasteiger charge is 2.37. The van der Waals surface area contributed by atoms with Gasteiger partial charge in [-0.05, 0) is 44.2 Å². The van der Waals surface area contributed by atoms with Crippen molar-refractivity contribution in [2.45, 2.75) is 51.6 Å². The van der Waals surface area contributed by atoms with Gasteiger partial charge in [-0.3, -0.25) is 0 Å². The van der Waals surface area contributed by atoms with Gasteiger partial charge in [-0.2, -0.15) is 0 Å². The number of hydrogen-bond acceptors (Lipinski definition) is 4. The molecule has 4 rings (SSSR count). The Hall–Kier alpha value is -1.55. The Morgan fingerprint density at radius 3 is 2.73 bits per heavy atom. The molecule has 0 N–H and O–H groups in total. The zero-order valence-electron chi connectivity index (χ0n) is 12.9. The van der Waals surface area contributed by atoms with E-state index in [4.69, 9.17) is 16.0 Å². The van der Waals surface area contributed by atoms with Gasteiger partial charge in [-0.15, -0.1) is 0 Å². The van der Waals surface area contributed by atoms with Gasteiger partial charge in [-0.1, -0.05) is 18.5 Å². The van der Waals surface area contributed by atoms with Crippen LogP contribution < -0.4 is 4.90 Å². The van der Waals surface area contributed by atoms with Crippen molar-refractivity contribution in [3.8, 4) is 0 Å². The summed E-state index contributed by atoms with van der Waals surface area (Å²) >= 11 is 6.09. The van der Waals surface area contributed by atoms with Gasteiger partial charge in [-0.25, -0.2) is 9.97 Å². The van der Waals surface area contributed by atoms with Crippen molar-refractivity contribution in [2.24, 2.45) is 5.92 Å². The molecule has 2 aliphatic carbocycles. The highest BCUT2D eigenvalue weighted by atomic mass is 35.5. The van der Waals surface area contributed by atoms with Gasteiger partial charge in [0.1, 0.15) is 28.3 Å². The molecule has 2 aromatic rings. The Morgan fingerprint density at radius 2 is 2.09 bits per heavy atom. The molecule has 2 aromatic heterocycles. The Morgan fingerprint density at radius 1 is 1.32 bits per heavy atom. The fourth-order valence-electron chi connectivity index (χ4n) is 3.01. The van der Waals surface area contributed by atoms with E-state index in [0.717, 1.165) is 29.8 Å². The molecule has 116 valence electrons.